The molecule has 0 saturated heterocycles. The van der Waals surface area contributed by atoms with Crippen molar-refractivity contribution in [1.82, 2.24) is 0 Å². The summed E-state index contributed by atoms with van der Waals surface area (Å²) < 4.78 is 39.7. The molecule has 18 heavy (non-hydrogen) atoms. The second-order valence-electron chi connectivity index (χ2n) is 4.09. The van der Waals surface area contributed by atoms with Crippen molar-refractivity contribution in [2.24, 2.45) is 0 Å². The van der Waals surface area contributed by atoms with Crippen LogP contribution in [0.15, 0.2) is 12.1 Å². The molecule has 0 saturated carbocycles. The monoisotopic (exact) mass is 261 g/mol. The fourth-order valence-corrected chi connectivity index (χ4v) is 1.66. The van der Waals surface area contributed by atoms with Gasteiger partial charge in [-0.05, 0) is 31.9 Å². The fraction of sp³-hybridized carbons (Fsp3) is 0.417. The fourth-order valence-electron chi connectivity index (χ4n) is 1.66. The summed E-state index contributed by atoms with van der Waals surface area (Å²) in [5.74, 6) is 0. The smallest absolute Gasteiger partial charge is 0.422 e. The Bertz CT molecular complexity index is 432. The van der Waals surface area contributed by atoms with E-state index in [2.05, 4.69) is 10.1 Å². The third kappa shape index (κ3) is 4.27. The molecule has 1 aromatic rings. The lowest BCUT2D eigenvalue weighted by Crippen LogP contribution is -2.23. The van der Waals surface area contributed by atoms with Gasteiger partial charge in [0.15, 0.2) is 6.61 Å². The summed E-state index contributed by atoms with van der Waals surface area (Å²) in [6.45, 7) is 3.83. The Kier molecular flexibility index (Phi) is 4.21. The largest absolute Gasteiger partial charge is 0.440 e. The third-order valence-electron chi connectivity index (χ3n) is 2.27. The lowest BCUT2D eigenvalue weighted by Gasteiger charge is -2.13. The molecule has 0 radical (unpaired) electrons. The molecule has 1 N–H and O–H groups in total. The van der Waals surface area contributed by atoms with Gasteiger partial charge in [-0.3, -0.25) is 5.32 Å². The quantitative estimate of drug-likeness (QED) is 0.881. The van der Waals surface area contributed by atoms with Gasteiger partial charge in [0.2, 0.25) is 0 Å². The van der Waals surface area contributed by atoms with Crippen LogP contribution in [0.2, 0.25) is 0 Å². The van der Waals surface area contributed by atoms with Crippen LogP contribution in [0, 0.1) is 20.8 Å². The SMILES string of the molecule is Cc1cc(C)c(NC(=O)OCC(F)(F)F)c(C)c1. The number of nitrogens with one attached hydrogen (secondary N) is 1. The van der Waals surface area contributed by atoms with E-state index in [0.29, 0.717) is 5.69 Å². The first-order chi connectivity index (χ1) is 8.19. The van der Waals surface area contributed by atoms with E-state index in [-0.39, 0.29) is 0 Å². The highest BCUT2D eigenvalue weighted by Crippen LogP contribution is 2.22. The molecular formula is C12H14F3NO2. The molecule has 0 aromatic heterocycles. The molecule has 0 atom stereocenters. The summed E-state index contributed by atoms with van der Waals surface area (Å²) in [6, 6.07) is 3.65. The number of hydrogen-bond acceptors (Lipinski definition) is 2. The van der Waals surface area contributed by atoms with Gasteiger partial charge in [0.05, 0.1) is 0 Å². The van der Waals surface area contributed by atoms with Crippen molar-refractivity contribution < 1.29 is 22.7 Å². The molecule has 0 spiro atoms. The molecule has 3 nitrogen and oxygen atoms in total. The van der Waals surface area contributed by atoms with Crippen molar-refractivity contribution in [3.63, 3.8) is 0 Å². The lowest BCUT2D eigenvalue weighted by atomic mass is 10.1. The second kappa shape index (κ2) is 5.29. The number of amides is 1. The van der Waals surface area contributed by atoms with Gasteiger partial charge in [0, 0.05) is 5.69 Å². The van der Waals surface area contributed by atoms with Crippen LogP contribution in [-0.4, -0.2) is 18.9 Å². The van der Waals surface area contributed by atoms with E-state index in [1.165, 1.54) is 0 Å². The van der Waals surface area contributed by atoms with Gasteiger partial charge < -0.3 is 4.74 Å². The maximum absolute atomic E-state index is 11.9. The Balaban J connectivity index is 2.71. The van der Waals surface area contributed by atoms with Crippen LogP contribution < -0.4 is 5.32 Å². The van der Waals surface area contributed by atoms with E-state index >= 15 is 0 Å². The molecule has 1 aromatic carbocycles. The summed E-state index contributed by atoms with van der Waals surface area (Å²) >= 11 is 0. The van der Waals surface area contributed by atoms with Crippen LogP contribution in [0.3, 0.4) is 0 Å². The van der Waals surface area contributed by atoms with Crippen molar-refractivity contribution in [3.8, 4) is 0 Å². The molecule has 0 fully saturated rings. The molecule has 0 bridgehead atoms. The topological polar surface area (TPSA) is 38.3 Å². The minimum absolute atomic E-state index is 0.479. The Morgan fingerprint density at radius 1 is 1.22 bits per heavy atom. The first-order valence-electron chi connectivity index (χ1n) is 5.27. The van der Waals surface area contributed by atoms with Crippen LogP contribution in [0.5, 0.6) is 0 Å². The predicted molar refractivity (Wildman–Crippen MR) is 61.7 cm³/mol. The molecule has 0 aliphatic rings. The molecule has 1 rings (SSSR count). The minimum Gasteiger partial charge on any atom is -0.440 e. The van der Waals surface area contributed by atoms with E-state index in [1.807, 2.05) is 19.1 Å². The number of hydrogen-bond donors (Lipinski definition) is 1. The predicted octanol–water partition coefficient (Wildman–Crippen LogP) is 3.72. The molecule has 1 amide bonds. The maximum Gasteiger partial charge on any atom is 0.422 e. The number of aryl methyl sites for hydroxylation is 3. The number of alkyl halides is 3. The van der Waals surface area contributed by atoms with Gasteiger partial charge in [0.1, 0.15) is 0 Å². The Morgan fingerprint density at radius 2 is 1.72 bits per heavy atom. The zero-order valence-electron chi connectivity index (χ0n) is 10.3. The van der Waals surface area contributed by atoms with Gasteiger partial charge in [-0.25, -0.2) is 4.79 Å². The van der Waals surface area contributed by atoms with Gasteiger partial charge in [0.25, 0.3) is 0 Å². The maximum atomic E-state index is 11.9. The van der Waals surface area contributed by atoms with Crippen LogP contribution >= 0.6 is 0 Å². The molecule has 0 heterocycles. The number of carbonyl (C=O) groups is 1. The highest BCUT2D eigenvalue weighted by atomic mass is 19.4. The summed E-state index contributed by atoms with van der Waals surface area (Å²) in [4.78, 5) is 11.2. The number of anilines is 1. The van der Waals surface area contributed by atoms with Crippen molar-refractivity contribution >= 4 is 11.8 Å². The normalized spacial score (nSPS) is 11.2. The number of ether oxygens (including phenoxy) is 1. The molecule has 100 valence electrons. The Labute approximate surface area is 103 Å². The van der Waals surface area contributed by atoms with E-state index in [0.717, 1.165) is 16.7 Å². The van der Waals surface area contributed by atoms with Crippen molar-refractivity contribution in [1.29, 1.82) is 0 Å². The lowest BCUT2D eigenvalue weighted by molar-refractivity contribution is -0.159. The third-order valence-corrected chi connectivity index (χ3v) is 2.27. The van der Waals surface area contributed by atoms with Crippen LogP contribution in [-0.2, 0) is 4.74 Å². The summed E-state index contributed by atoms with van der Waals surface area (Å²) in [7, 11) is 0. The number of benzene rings is 1. The summed E-state index contributed by atoms with van der Waals surface area (Å²) in [5.41, 5.74) is 3.04. The zero-order valence-corrected chi connectivity index (χ0v) is 10.3. The average molecular weight is 261 g/mol. The summed E-state index contributed by atoms with van der Waals surface area (Å²) in [5, 5.41) is 2.32. The standard InChI is InChI=1S/C12H14F3NO2/c1-7-4-8(2)10(9(3)5-7)16-11(17)18-6-12(13,14)15/h4-5H,6H2,1-3H3,(H,16,17). The van der Waals surface area contributed by atoms with E-state index < -0.39 is 18.9 Å². The first kappa shape index (κ1) is 14.3. The van der Waals surface area contributed by atoms with Gasteiger partial charge in [-0.2, -0.15) is 13.2 Å². The highest BCUT2D eigenvalue weighted by molar-refractivity contribution is 5.86. The second-order valence-corrected chi connectivity index (χ2v) is 4.09. The highest BCUT2D eigenvalue weighted by Gasteiger charge is 2.29. The van der Waals surface area contributed by atoms with E-state index in [4.69, 9.17) is 0 Å². The molecule has 0 aliphatic heterocycles. The van der Waals surface area contributed by atoms with E-state index in [9.17, 15) is 18.0 Å². The number of carbonyl (C=O) groups excluding carboxylic acids is 1. The molecule has 6 heteroatoms. The molecule has 0 aliphatic carbocycles. The molecule has 0 unspecified atom stereocenters. The first-order valence-corrected chi connectivity index (χ1v) is 5.27. The van der Waals surface area contributed by atoms with Crippen molar-refractivity contribution in [2.75, 3.05) is 11.9 Å². The van der Waals surface area contributed by atoms with Gasteiger partial charge in [-0.15, -0.1) is 0 Å². The number of halogens is 3. The Hall–Kier alpha value is -1.72. The van der Waals surface area contributed by atoms with Crippen molar-refractivity contribution in [3.05, 3.63) is 28.8 Å². The molecular weight excluding hydrogens is 247 g/mol. The zero-order chi connectivity index (χ0) is 13.9. The summed E-state index contributed by atoms with van der Waals surface area (Å²) in [6.07, 6.45) is -5.63. The van der Waals surface area contributed by atoms with Crippen LogP contribution in [0.25, 0.3) is 0 Å². The number of rotatable bonds is 2. The van der Waals surface area contributed by atoms with Gasteiger partial charge >= 0.3 is 12.3 Å². The minimum atomic E-state index is -4.52. The van der Waals surface area contributed by atoms with Crippen LogP contribution in [0.1, 0.15) is 16.7 Å². The van der Waals surface area contributed by atoms with E-state index in [1.54, 1.807) is 13.8 Å². The average Bonchev–Trinajstić information content (AvgIpc) is 2.19. The van der Waals surface area contributed by atoms with Gasteiger partial charge in [-0.1, -0.05) is 17.7 Å². The van der Waals surface area contributed by atoms with Crippen LogP contribution in [0.4, 0.5) is 23.7 Å². The van der Waals surface area contributed by atoms with Crippen molar-refractivity contribution in [2.45, 2.75) is 26.9 Å². The Morgan fingerprint density at radius 3 is 2.17 bits per heavy atom.